The Morgan fingerprint density at radius 3 is 2.60 bits per heavy atom. The van der Waals surface area contributed by atoms with Gasteiger partial charge in [0.15, 0.2) is 6.10 Å². The van der Waals surface area contributed by atoms with E-state index < -0.39 is 6.10 Å². The number of carbonyl (C=O) groups excluding carboxylic acids is 1. The smallest absolute Gasteiger partial charge is 0.347 e. The van der Waals surface area contributed by atoms with Crippen molar-refractivity contribution in [1.29, 1.82) is 0 Å². The molecule has 0 spiro atoms. The highest BCUT2D eigenvalue weighted by Gasteiger charge is 2.21. The Morgan fingerprint density at radius 1 is 1.08 bits per heavy atom. The topological polar surface area (TPSA) is 35.5 Å². The number of allylic oxidation sites excluding steroid dienone is 2. The molecule has 0 aromatic heterocycles. The summed E-state index contributed by atoms with van der Waals surface area (Å²) in [6.45, 7) is 4.37. The van der Waals surface area contributed by atoms with Gasteiger partial charge in [-0.05, 0) is 68.7 Å². The minimum absolute atomic E-state index is 0.255. The molecule has 1 aromatic rings. The number of esters is 1. The second kappa shape index (κ2) is 11.0. The van der Waals surface area contributed by atoms with E-state index in [4.69, 9.17) is 9.47 Å². The molecule has 1 aliphatic carbocycles. The molecule has 25 heavy (non-hydrogen) atoms. The zero-order chi connectivity index (χ0) is 17.9. The van der Waals surface area contributed by atoms with Crippen LogP contribution in [0.15, 0.2) is 30.3 Å². The fourth-order valence-electron chi connectivity index (χ4n) is 3.23. The molecule has 0 heterocycles. The summed E-state index contributed by atoms with van der Waals surface area (Å²) in [5.74, 6) is 0.488. The van der Waals surface area contributed by atoms with Crippen molar-refractivity contribution in [3.8, 4) is 5.75 Å². The van der Waals surface area contributed by atoms with Crippen LogP contribution in [-0.2, 0) is 9.53 Å². The van der Waals surface area contributed by atoms with Gasteiger partial charge in [-0.1, -0.05) is 44.4 Å². The van der Waals surface area contributed by atoms with Crippen molar-refractivity contribution in [1.82, 2.24) is 0 Å². The first-order chi connectivity index (χ1) is 12.2. The summed E-state index contributed by atoms with van der Waals surface area (Å²) in [7, 11) is 0. The van der Waals surface area contributed by atoms with Crippen molar-refractivity contribution in [2.75, 3.05) is 6.61 Å². The SMILES string of the molecule is CCCCCC(Oc1ccc(C2=CCCCCC2)cc1)C(=O)OCC. The number of benzene rings is 1. The number of unbranched alkanes of at least 4 members (excludes halogenated alkanes) is 2. The highest BCUT2D eigenvalue weighted by Crippen LogP contribution is 2.27. The lowest BCUT2D eigenvalue weighted by molar-refractivity contribution is -0.151. The third-order valence-electron chi connectivity index (χ3n) is 4.66. The maximum Gasteiger partial charge on any atom is 0.347 e. The third-order valence-corrected chi connectivity index (χ3v) is 4.66. The Hall–Kier alpha value is -1.77. The molecule has 3 heteroatoms. The van der Waals surface area contributed by atoms with Crippen LogP contribution in [0.25, 0.3) is 5.57 Å². The molecule has 0 fully saturated rings. The van der Waals surface area contributed by atoms with E-state index in [-0.39, 0.29) is 5.97 Å². The van der Waals surface area contributed by atoms with Gasteiger partial charge in [-0.2, -0.15) is 0 Å². The van der Waals surface area contributed by atoms with Gasteiger partial charge < -0.3 is 9.47 Å². The normalized spacial score (nSPS) is 15.8. The fourth-order valence-corrected chi connectivity index (χ4v) is 3.23. The lowest BCUT2D eigenvalue weighted by atomic mass is 10.0. The van der Waals surface area contributed by atoms with Crippen LogP contribution in [0.2, 0.25) is 0 Å². The van der Waals surface area contributed by atoms with Gasteiger partial charge in [-0.15, -0.1) is 0 Å². The lowest BCUT2D eigenvalue weighted by Gasteiger charge is -2.18. The summed E-state index contributed by atoms with van der Waals surface area (Å²) in [5, 5.41) is 0. The Kier molecular flexibility index (Phi) is 8.58. The molecule has 0 bridgehead atoms. The predicted octanol–water partition coefficient (Wildman–Crippen LogP) is 5.92. The summed E-state index contributed by atoms with van der Waals surface area (Å²) in [6.07, 6.45) is 12.0. The summed E-state index contributed by atoms with van der Waals surface area (Å²) in [6, 6.07) is 8.18. The maximum absolute atomic E-state index is 12.1. The van der Waals surface area contributed by atoms with E-state index in [1.54, 1.807) is 0 Å². The molecule has 0 saturated heterocycles. The van der Waals surface area contributed by atoms with E-state index in [0.717, 1.165) is 31.4 Å². The van der Waals surface area contributed by atoms with E-state index in [9.17, 15) is 4.79 Å². The molecule has 0 saturated carbocycles. The first-order valence-electron chi connectivity index (χ1n) is 9.87. The third kappa shape index (κ3) is 6.56. The van der Waals surface area contributed by atoms with Crippen molar-refractivity contribution < 1.29 is 14.3 Å². The Labute approximate surface area is 152 Å². The molecule has 1 unspecified atom stereocenters. The number of hydrogen-bond acceptors (Lipinski definition) is 3. The van der Waals surface area contributed by atoms with E-state index in [0.29, 0.717) is 13.0 Å². The van der Waals surface area contributed by atoms with Gasteiger partial charge in [0, 0.05) is 0 Å². The number of rotatable bonds is 9. The fraction of sp³-hybridized carbons (Fsp3) is 0.591. The number of ether oxygens (including phenoxy) is 2. The van der Waals surface area contributed by atoms with E-state index in [1.165, 1.54) is 36.8 Å². The zero-order valence-electron chi connectivity index (χ0n) is 15.8. The van der Waals surface area contributed by atoms with Crippen LogP contribution in [-0.4, -0.2) is 18.7 Å². The van der Waals surface area contributed by atoms with Crippen LogP contribution >= 0.6 is 0 Å². The van der Waals surface area contributed by atoms with Gasteiger partial charge in [-0.25, -0.2) is 4.79 Å². The van der Waals surface area contributed by atoms with Crippen molar-refractivity contribution in [3.63, 3.8) is 0 Å². The highest BCUT2D eigenvalue weighted by molar-refractivity contribution is 5.75. The van der Waals surface area contributed by atoms with Crippen molar-refractivity contribution >= 4 is 11.5 Å². The molecule has 138 valence electrons. The molecule has 3 nitrogen and oxygen atoms in total. The van der Waals surface area contributed by atoms with Crippen molar-refractivity contribution in [2.45, 2.75) is 77.7 Å². The van der Waals surface area contributed by atoms with Crippen LogP contribution in [0.4, 0.5) is 0 Å². The minimum Gasteiger partial charge on any atom is -0.479 e. The van der Waals surface area contributed by atoms with Gasteiger partial charge in [0.25, 0.3) is 0 Å². The molecular weight excluding hydrogens is 312 g/mol. The van der Waals surface area contributed by atoms with E-state index in [2.05, 4.69) is 25.1 Å². The molecule has 1 atom stereocenters. The molecule has 0 radical (unpaired) electrons. The summed E-state index contributed by atoms with van der Waals surface area (Å²) in [4.78, 5) is 12.1. The van der Waals surface area contributed by atoms with Gasteiger partial charge >= 0.3 is 5.97 Å². The predicted molar refractivity (Wildman–Crippen MR) is 103 cm³/mol. The average Bonchev–Trinajstić information content (AvgIpc) is 2.91. The molecule has 0 amide bonds. The molecular formula is C22H32O3. The minimum atomic E-state index is -0.505. The average molecular weight is 344 g/mol. The monoisotopic (exact) mass is 344 g/mol. The van der Waals surface area contributed by atoms with E-state index in [1.807, 2.05) is 19.1 Å². The molecule has 1 aliphatic rings. The van der Waals surface area contributed by atoms with Crippen LogP contribution in [0.5, 0.6) is 5.75 Å². The standard InChI is InChI=1S/C22H32O3/c1-3-5-8-13-21(22(23)24-4-2)25-20-16-14-19(15-17-20)18-11-9-6-7-10-12-18/h11,14-17,21H,3-10,12-13H2,1-2H3. The Balaban J connectivity index is 2.00. The van der Waals surface area contributed by atoms with Gasteiger partial charge in [0.1, 0.15) is 5.75 Å². The molecule has 1 aromatic carbocycles. The maximum atomic E-state index is 12.1. The van der Waals surface area contributed by atoms with Gasteiger partial charge in [-0.3, -0.25) is 0 Å². The molecule has 2 rings (SSSR count). The number of carbonyl (C=O) groups is 1. The summed E-state index contributed by atoms with van der Waals surface area (Å²) >= 11 is 0. The second-order valence-electron chi connectivity index (χ2n) is 6.71. The number of hydrogen-bond donors (Lipinski definition) is 0. The first-order valence-corrected chi connectivity index (χ1v) is 9.87. The summed E-state index contributed by atoms with van der Waals surface area (Å²) < 4.78 is 11.1. The van der Waals surface area contributed by atoms with Crippen LogP contribution < -0.4 is 4.74 Å². The highest BCUT2D eigenvalue weighted by atomic mass is 16.6. The Bertz CT molecular complexity index is 545. The van der Waals surface area contributed by atoms with E-state index >= 15 is 0 Å². The Morgan fingerprint density at radius 2 is 1.88 bits per heavy atom. The van der Waals surface area contributed by atoms with Crippen LogP contribution in [0, 0.1) is 0 Å². The van der Waals surface area contributed by atoms with Crippen molar-refractivity contribution in [2.24, 2.45) is 0 Å². The van der Waals surface area contributed by atoms with Gasteiger partial charge in [0.2, 0.25) is 0 Å². The largest absolute Gasteiger partial charge is 0.479 e. The zero-order valence-corrected chi connectivity index (χ0v) is 15.8. The lowest BCUT2D eigenvalue weighted by Crippen LogP contribution is -2.29. The molecule has 0 aliphatic heterocycles. The van der Waals surface area contributed by atoms with Crippen LogP contribution in [0.1, 0.15) is 77.2 Å². The van der Waals surface area contributed by atoms with Crippen LogP contribution in [0.3, 0.4) is 0 Å². The molecule has 0 N–H and O–H groups in total. The summed E-state index contributed by atoms with van der Waals surface area (Å²) in [5.41, 5.74) is 2.71. The quantitative estimate of drug-likeness (QED) is 0.412. The second-order valence-corrected chi connectivity index (χ2v) is 6.71. The van der Waals surface area contributed by atoms with Crippen molar-refractivity contribution in [3.05, 3.63) is 35.9 Å². The first kappa shape index (κ1) is 19.6. The van der Waals surface area contributed by atoms with Gasteiger partial charge in [0.05, 0.1) is 6.61 Å².